The van der Waals surface area contributed by atoms with Crippen LogP contribution in [0, 0.1) is 5.92 Å². The molecule has 1 heterocycles. The summed E-state index contributed by atoms with van der Waals surface area (Å²) >= 11 is 0. The first kappa shape index (κ1) is 13.9. The Hall–Kier alpha value is -1.55. The van der Waals surface area contributed by atoms with Crippen molar-refractivity contribution in [2.24, 2.45) is 5.92 Å². The highest BCUT2D eigenvalue weighted by molar-refractivity contribution is 5.94. The van der Waals surface area contributed by atoms with E-state index in [9.17, 15) is 9.90 Å². The van der Waals surface area contributed by atoms with Gasteiger partial charge in [-0.05, 0) is 57.0 Å². The summed E-state index contributed by atoms with van der Waals surface area (Å²) in [7, 11) is 0. The van der Waals surface area contributed by atoms with Gasteiger partial charge in [0.2, 0.25) is 0 Å². The number of nitrogens with zero attached hydrogens (tertiary/aromatic N) is 1. The second-order valence-electron chi connectivity index (χ2n) is 5.11. The van der Waals surface area contributed by atoms with E-state index in [-0.39, 0.29) is 11.7 Å². The van der Waals surface area contributed by atoms with Crippen molar-refractivity contribution in [3.8, 4) is 5.75 Å². The van der Waals surface area contributed by atoms with E-state index in [4.69, 9.17) is 0 Å². The Bertz CT molecular complexity index is 428. The van der Waals surface area contributed by atoms with E-state index >= 15 is 0 Å². The number of aromatic hydroxyl groups is 1. The van der Waals surface area contributed by atoms with Gasteiger partial charge in [0.15, 0.2) is 0 Å². The summed E-state index contributed by atoms with van der Waals surface area (Å²) in [4.78, 5) is 14.3. The molecule has 1 amide bonds. The third-order valence-corrected chi connectivity index (χ3v) is 3.64. The molecule has 4 heteroatoms. The Morgan fingerprint density at radius 1 is 1.53 bits per heavy atom. The number of phenols is 1. The second kappa shape index (κ2) is 6.57. The summed E-state index contributed by atoms with van der Waals surface area (Å²) < 4.78 is 0. The van der Waals surface area contributed by atoms with Gasteiger partial charge in [0.05, 0.1) is 0 Å². The fourth-order valence-electron chi connectivity index (χ4n) is 2.57. The van der Waals surface area contributed by atoms with Gasteiger partial charge in [-0.25, -0.2) is 0 Å². The molecule has 0 bridgehead atoms. The lowest BCUT2D eigenvalue weighted by molar-refractivity contribution is 0.0728. The Morgan fingerprint density at radius 2 is 2.37 bits per heavy atom. The lowest BCUT2D eigenvalue weighted by atomic mass is 9.98. The van der Waals surface area contributed by atoms with Gasteiger partial charge >= 0.3 is 0 Å². The number of piperidine rings is 1. The zero-order valence-electron chi connectivity index (χ0n) is 11.4. The van der Waals surface area contributed by atoms with Crippen LogP contribution in [0.25, 0.3) is 0 Å². The molecule has 1 aliphatic rings. The maximum absolute atomic E-state index is 12.4. The molecule has 2 rings (SSSR count). The molecule has 1 atom stereocenters. The van der Waals surface area contributed by atoms with E-state index in [1.165, 1.54) is 18.9 Å². The lowest BCUT2D eigenvalue weighted by Crippen LogP contribution is -2.41. The van der Waals surface area contributed by atoms with Crippen molar-refractivity contribution >= 4 is 5.91 Å². The highest BCUT2D eigenvalue weighted by Crippen LogP contribution is 2.16. The second-order valence-corrected chi connectivity index (χ2v) is 5.11. The minimum atomic E-state index is 0.00368. The smallest absolute Gasteiger partial charge is 0.253 e. The third-order valence-electron chi connectivity index (χ3n) is 3.64. The van der Waals surface area contributed by atoms with Crippen molar-refractivity contribution in [2.75, 3.05) is 26.2 Å². The largest absolute Gasteiger partial charge is 0.508 e. The molecule has 1 saturated heterocycles. The van der Waals surface area contributed by atoms with E-state index in [1.807, 2.05) is 11.8 Å². The Labute approximate surface area is 114 Å². The molecule has 0 aromatic heterocycles. The van der Waals surface area contributed by atoms with Crippen LogP contribution in [-0.2, 0) is 0 Å². The minimum absolute atomic E-state index is 0.00368. The van der Waals surface area contributed by atoms with Crippen molar-refractivity contribution in [1.29, 1.82) is 0 Å². The first-order chi connectivity index (χ1) is 9.20. The maximum atomic E-state index is 12.4. The molecule has 2 N–H and O–H groups in total. The monoisotopic (exact) mass is 262 g/mol. The van der Waals surface area contributed by atoms with Gasteiger partial charge in [-0.3, -0.25) is 4.79 Å². The number of phenolic OH excluding ortho intramolecular Hbond substituents is 1. The molecular formula is C15H22N2O2. The average molecular weight is 262 g/mol. The van der Waals surface area contributed by atoms with E-state index in [2.05, 4.69) is 5.32 Å². The summed E-state index contributed by atoms with van der Waals surface area (Å²) in [6.07, 6.45) is 2.36. The van der Waals surface area contributed by atoms with E-state index in [1.54, 1.807) is 18.2 Å². The number of carbonyl (C=O) groups excluding carboxylic acids is 1. The van der Waals surface area contributed by atoms with Gasteiger partial charge in [0, 0.05) is 18.7 Å². The third kappa shape index (κ3) is 3.70. The van der Waals surface area contributed by atoms with Gasteiger partial charge in [0.25, 0.3) is 5.91 Å². The molecular weight excluding hydrogens is 240 g/mol. The number of hydrogen-bond acceptors (Lipinski definition) is 3. The summed E-state index contributed by atoms with van der Waals surface area (Å²) in [5, 5.41) is 12.8. The van der Waals surface area contributed by atoms with Crippen LogP contribution in [0.3, 0.4) is 0 Å². The van der Waals surface area contributed by atoms with Crippen molar-refractivity contribution in [3.05, 3.63) is 29.8 Å². The molecule has 1 unspecified atom stereocenters. The zero-order valence-corrected chi connectivity index (χ0v) is 11.4. The minimum Gasteiger partial charge on any atom is -0.508 e. The van der Waals surface area contributed by atoms with Gasteiger partial charge < -0.3 is 15.3 Å². The topological polar surface area (TPSA) is 52.6 Å². The van der Waals surface area contributed by atoms with Gasteiger partial charge in [-0.15, -0.1) is 0 Å². The maximum Gasteiger partial charge on any atom is 0.253 e. The van der Waals surface area contributed by atoms with Crippen LogP contribution in [0.1, 0.15) is 30.1 Å². The van der Waals surface area contributed by atoms with Crippen LogP contribution >= 0.6 is 0 Å². The van der Waals surface area contributed by atoms with Crippen molar-refractivity contribution in [3.63, 3.8) is 0 Å². The Balaban J connectivity index is 2.02. The highest BCUT2D eigenvalue weighted by Gasteiger charge is 2.20. The van der Waals surface area contributed by atoms with Crippen LogP contribution in [-0.4, -0.2) is 42.1 Å². The SMILES string of the molecule is CCN(CC1CCCNC1)C(=O)c1cccc(O)c1. The first-order valence-electron chi connectivity index (χ1n) is 6.99. The number of rotatable bonds is 4. The fraction of sp³-hybridized carbons (Fsp3) is 0.533. The number of hydrogen-bond donors (Lipinski definition) is 2. The van der Waals surface area contributed by atoms with Crippen molar-refractivity contribution in [2.45, 2.75) is 19.8 Å². The van der Waals surface area contributed by atoms with E-state index < -0.39 is 0 Å². The van der Waals surface area contributed by atoms with Crippen LogP contribution < -0.4 is 5.32 Å². The standard InChI is InChI=1S/C15H22N2O2/c1-2-17(11-12-5-4-8-16-10-12)15(19)13-6-3-7-14(18)9-13/h3,6-7,9,12,16,18H,2,4-5,8,10-11H2,1H3. The molecule has 0 aliphatic carbocycles. The van der Waals surface area contributed by atoms with Gasteiger partial charge in [0.1, 0.15) is 5.75 Å². The molecule has 1 fully saturated rings. The molecule has 104 valence electrons. The number of carbonyl (C=O) groups is 1. The summed E-state index contributed by atoms with van der Waals surface area (Å²) in [5.74, 6) is 0.681. The molecule has 1 aromatic carbocycles. The molecule has 19 heavy (non-hydrogen) atoms. The van der Waals surface area contributed by atoms with Crippen molar-refractivity contribution < 1.29 is 9.90 Å². The van der Waals surface area contributed by atoms with Crippen LogP contribution in [0.2, 0.25) is 0 Å². The summed E-state index contributed by atoms with van der Waals surface area (Å²) in [5.41, 5.74) is 0.561. The molecule has 0 radical (unpaired) electrons. The summed E-state index contributed by atoms with van der Waals surface area (Å²) in [6, 6.07) is 6.57. The van der Waals surface area contributed by atoms with Crippen molar-refractivity contribution in [1.82, 2.24) is 10.2 Å². The molecule has 0 spiro atoms. The molecule has 1 aromatic rings. The lowest BCUT2D eigenvalue weighted by Gasteiger charge is -2.29. The fourth-order valence-corrected chi connectivity index (χ4v) is 2.57. The average Bonchev–Trinajstić information content (AvgIpc) is 2.45. The van der Waals surface area contributed by atoms with Gasteiger partial charge in [-0.2, -0.15) is 0 Å². The predicted octanol–water partition coefficient (Wildman–Crippen LogP) is 1.85. The van der Waals surface area contributed by atoms with E-state index in [0.29, 0.717) is 18.0 Å². The van der Waals surface area contributed by atoms with Gasteiger partial charge in [-0.1, -0.05) is 6.07 Å². The molecule has 1 aliphatic heterocycles. The quantitative estimate of drug-likeness (QED) is 0.870. The highest BCUT2D eigenvalue weighted by atomic mass is 16.3. The van der Waals surface area contributed by atoms with Crippen LogP contribution in [0.5, 0.6) is 5.75 Å². The number of nitrogens with one attached hydrogen (secondary N) is 1. The normalized spacial score (nSPS) is 19.1. The Kier molecular flexibility index (Phi) is 4.80. The first-order valence-corrected chi connectivity index (χ1v) is 6.99. The summed E-state index contributed by atoms with van der Waals surface area (Å²) in [6.45, 7) is 5.56. The Morgan fingerprint density at radius 3 is 3.00 bits per heavy atom. The zero-order chi connectivity index (χ0) is 13.7. The predicted molar refractivity (Wildman–Crippen MR) is 75.3 cm³/mol. The van der Waals surface area contributed by atoms with Crippen LogP contribution in [0.15, 0.2) is 24.3 Å². The number of amides is 1. The van der Waals surface area contributed by atoms with Crippen LogP contribution in [0.4, 0.5) is 0 Å². The number of benzene rings is 1. The van der Waals surface area contributed by atoms with E-state index in [0.717, 1.165) is 19.6 Å². The molecule has 0 saturated carbocycles. The molecule has 4 nitrogen and oxygen atoms in total.